The number of carboxylic acid groups (broad SMARTS) is 1. The number of ether oxygens (including phenoxy) is 2. The van der Waals surface area contributed by atoms with Gasteiger partial charge in [0.1, 0.15) is 24.1 Å². The molecule has 5 atom stereocenters. The quantitative estimate of drug-likeness (QED) is 0.199. The Morgan fingerprint density at radius 1 is 0.822 bits per heavy atom. The molecule has 1 aliphatic carbocycles. The number of allylic oxidation sites excluding steroid dienone is 1. The van der Waals surface area contributed by atoms with Crippen LogP contribution < -0.4 is 4.74 Å². The van der Waals surface area contributed by atoms with Gasteiger partial charge in [-0.3, -0.25) is 4.79 Å². The first-order valence-corrected chi connectivity index (χ1v) is 15.3. The van der Waals surface area contributed by atoms with Crippen LogP contribution >= 0.6 is 0 Å². The van der Waals surface area contributed by atoms with Gasteiger partial charge in [0.05, 0.1) is 0 Å². The molecule has 45 heavy (non-hydrogen) atoms. The Morgan fingerprint density at radius 2 is 1.42 bits per heavy atom. The number of carboxylic acids is 1. The van der Waals surface area contributed by atoms with E-state index in [1.807, 2.05) is 24.3 Å². The first kappa shape index (κ1) is 32.6. The number of carbonyl (C=O) groups is 2. The molecule has 1 aliphatic heterocycles. The molecule has 0 saturated carbocycles. The summed E-state index contributed by atoms with van der Waals surface area (Å²) in [5.74, 6) is -1.30. The molecule has 5 rings (SSSR count). The van der Waals surface area contributed by atoms with Gasteiger partial charge in [0.25, 0.3) is 0 Å². The van der Waals surface area contributed by atoms with Crippen molar-refractivity contribution in [3.05, 3.63) is 100 Å². The van der Waals surface area contributed by atoms with Crippen molar-refractivity contribution < 1.29 is 39.5 Å². The lowest BCUT2D eigenvalue weighted by molar-refractivity contribution is -0.271. The molecular formula is C37H42O8. The van der Waals surface area contributed by atoms with Crippen molar-refractivity contribution in [1.82, 2.24) is 0 Å². The van der Waals surface area contributed by atoms with Gasteiger partial charge in [-0.05, 0) is 76.1 Å². The van der Waals surface area contributed by atoms with Crippen molar-refractivity contribution in [3.63, 3.8) is 0 Å². The van der Waals surface area contributed by atoms with Gasteiger partial charge < -0.3 is 29.9 Å². The van der Waals surface area contributed by atoms with E-state index in [2.05, 4.69) is 58.9 Å². The van der Waals surface area contributed by atoms with E-state index in [0.717, 1.165) is 23.1 Å². The molecule has 1 saturated heterocycles. The number of rotatable bonds is 8. The number of hydrogen-bond donors (Lipinski definition) is 4. The van der Waals surface area contributed by atoms with Crippen LogP contribution in [0.5, 0.6) is 5.75 Å². The third-order valence-corrected chi connectivity index (χ3v) is 9.28. The topological polar surface area (TPSA) is 134 Å². The highest BCUT2D eigenvalue weighted by Gasteiger charge is 2.48. The molecule has 3 aromatic rings. The Balaban J connectivity index is 1.22. The number of Topliss-reactive ketones (excluding diaryl/α,β-unsaturated/α-hetero) is 1. The van der Waals surface area contributed by atoms with Crippen LogP contribution in [0, 0.1) is 0 Å². The zero-order valence-corrected chi connectivity index (χ0v) is 26.4. The van der Waals surface area contributed by atoms with Crippen LogP contribution in [0.25, 0.3) is 11.6 Å². The largest absolute Gasteiger partial charge is 0.479 e. The fraction of sp³-hybridized carbons (Fsp3) is 0.405. The van der Waals surface area contributed by atoms with Gasteiger partial charge in [-0.1, -0.05) is 88.4 Å². The Hall–Kier alpha value is -3.82. The molecule has 0 radical (unpaired) electrons. The first-order chi connectivity index (χ1) is 21.2. The van der Waals surface area contributed by atoms with Gasteiger partial charge in [0, 0.05) is 12.0 Å². The van der Waals surface area contributed by atoms with Crippen LogP contribution in [0.15, 0.2) is 66.7 Å². The third-order valence-electron chi connectivity index (χ3n) is 9.28. The molecule has 0 aromatic heterocycles. The van der Waals surface area contributed by atoms with Gasteiger partial charge in [0.2, 0.25) is 6.29 Å². The predicted molar refractivity (Wildman–Crippen MR) is 171 cm³/mol. The van der Waals surface area contributed by atoms with E-state index in [-0.39, 0.29) is 28.8 Å². The minimum atomic E-state index is -1.80. The van der Waals surface area contributed by atoms with Crippen molar-refractivity contribution in [1.29, 1.82) is 0 Å². The zero-order chi connectivity index (χ0) is 32.7. The van der Waals surface area contributed by atoms with Gasteiger partial charge in [-0.25, -0.2) is 4.79 Å². The summed E-state index contributed by atoms with van der Waals surface area (Å²) in [7, 11) is 0. The highest BCUT2D eigenvalue weighted by atomic mass is 16.7. The first-order valence-electron chi connectivity index (χ1n) is 15.3. The maximum absolute atomic E-state index is 13.0. The second kappa shape index (κ2) is 12.5. The van der Waals surface area contributed by atoms with E-state index in [0.29, 0.717) is 5.56 Å². The maximum Gasteiger partial charge on any atom is 0.335 e. The van der Waals surface area contributed by atoms with Crippen LogP contribution in [-0.4, -0.2) is 62.9 Å². The second-order valence-electron chi connectivity index (χ2n) is 13.6. The molecule has 0 amide bonds. The van der Waals surface area contributed by atoms with Crippen molar-refractivity contribution in [2.24, 2.45) is 0 Å². The molecule has 0 bridgehead atoms. The Labute approximate surface area is 264 Å². The van der Waals surface area contributed by atoms with Crippen LogP contribution in [0.2, 0.25) is 0 Å². The highest BCUT2D eigenvalue weighted by molar-refractivity contribution is 5.97. The van der Waals surface area contributed by atoms with Gasteiger partial charge in [0.15, 0.2) is 11.9 Å². The number of aliphatic carboxylic acids is 1. The number of fused-ring (bicyclic) bond motifs is 1. The lowest BCUT2D eigenvalue weighted by Gasteiger charge is -2.42. The molecule has 1 fully saturated rings. The summed E-state index contributed by atoms with van der Waals surface area (Å²) >= 11 is 0. The summed E-state index contributed by atoms with van der Waals surface area (Å²) in [5.41, 5.74) is 7.88. The average molecular weight is 615 g/mol. The fourth-order valence-corrected chi connectivity index (χ4v) is 6.19. The van der Waals surface area contributed by atoms with E-state index >= 15 is 0 Å². The van der Waals surface area contributed by atoms with Gasteiger partial charge in [-0.15, -0.1) is 0 Å². The van der Waals surface area contributed by atoms with Crippen LogP contribution in [0.4, 0.5) is 0 Å². The van der Waals surface area contributed by atoms with Crippen molar-refractivity contribution in [3.8, 4) is 5.75 Å². The van der Waals surface area contributed by atoms with Crippen LogP contribution in [0.3, 0.4) is 0 Å². The molecule has 1 heterocycles. The molecule has 0 spiro atoms. The summed E-state index contributed by atoms with van der Waals surface area (Å²) in [6.45, 7) is 11.4. The monoisotopic (exact) mass is 614 g/mol. The zero-order valence-electron chi connectivity index (χ0n) is 26.4. The molecule has 5 unspecified atom stereocenters. The summed E-state index contributed by atoms with van der Waals surface area (Å²) in [5, 5.41) is 39.2. The number of aliphatic hydroxyl groups excluding tert-OH is 3. The van der Waals surface area contributed by atoms with E-state index in [1.165, 1.54) is 23.1 Å². The number of benzene rings is 3. The predicted octanol–water partition coefficient (Wildman–Crippen LogP) is 5.29. The number of carbonyl (C=O) groups excluding carboxylic acids is 1. The normalized spacial score (nSPS) is 25.7. The number of hydrogen-bond acceptors (Lipinski definition) is 7. The third kappa shape index (κ3) is 6.89. The molecule has 4 N–H and O–H groups in total. The van der Waals surface area contributed by atoms with Gasteiger partial charge >= 0.3 is 5.97 Å². The number of aliphatic hydroxyl groups is 3. The fourth-order valence-electron chi connectivity index (χ4n) is 6.19. The number of ketones is 1. The summed E-state index contributed by atoms with van der Waals surface area (Å²) in [6, 6.07) is 20.9. The molecule has 2 aliphatic rings. The van der Waals surface area contributed by atoms with Crippen LogP contribution in [-0.2, 0) is 26.8 Å². The molecule has 8 nitrogen and oxygen atoms in total. The Morgan fingerprint density at radius 3 is 2.04 bits per heavy atom. The van der Waals surface area contributed by atoms with Crippen LogP contribution in [0.1, 0.15) is 85.6 Å². The average Bonchev–Trinajstić information content (AvgIpc) is 3.00. The van der Waals surface area contributed by atoms with E-state index < -0.39 is 36.7 Å². The molecule has 3 aromatic carbocycles. The van der Waals surface area contributed by atoms with Gasteiger partial charge in [-0.2, -0.15) is 0 Å². The van der Waals surface area contributed by atoms with E-state index in [4.69, 9.17) is 9.47 Å². The molecular weight excluding hydrogens is 572 g/mol. The van der Waals surface area contributed by atoms with Crippen molar-refractivity contribution >= 4 is 23.4 Å². The molecule has 8 heteroatoms. The minimum absolute atomic E-state index is 0.0529. The van der Waals surface area contributed by atoms with E-state index in [9.17, 15) is 30.0 Å². The van der Waals surface area contributed by atoms with Crippen molar-refractivity contribution in [2.45, 2.75) is 95.4 Å². The van der Waals surface area contributed by atoms with E-state index in [1.54, 1.807) is 24.3 Å². The summed E-state index contributed by atoms with van der Waals surface area (Å²) in [4.78, 5) is 24.3. The van der Waals surface area contributed by atoms with Crippen molar-refractivity contribution in [2.75, 3.05) is 0 Å². The highest BCUT2D eigenvalue weighted by Crippen LogP contribution is 2.46. The lowest BCUT2D eigenvalue weighted by Crippen LogP contribution is -2.61. The Kier molecular flexibility index (Phi) is 9.06. The Bertz CT molecular complexity index is 1590. The standard InChI is InChI=1S/C37H42O8/c1-21(25-12-15-27-28(20-25)37(4,5)17-16-36(27,2)3)18-22-6-10-24(11-7-22)29(38)19-23-8-13-26(14-9-23)44-35-32(41)30(39)31(40)33(45-35)34(42)43/h6-15,18,20,30-33,35,39-41H,16-17,19H2,1-5H3,(H,42,43). The smallest absolute Gasteiger partial charge is 0.335 e. The summed E-state index contributed by atoms with van der Waals surface area (Å²) in [6.07, 6.45) is -3.81. The summed E-state index contributed by atoms with van der Waals surface area (Å²) < 4.78 is 10.7. The minimum Gasteiger partial charge on any atom is -0.479 e. The molecule has 238 valence electrons. The maximum atomic E-state index is 13.0. The SMILES string of the molecule is CC(=Cc1ccc(C(=O)Cc2ccc(OC3OC(C(=O)O)C(O)C(O)C3O)cc2)cc1)c1ccc2c(c1)C(C)(C)CCC2(C)C. The lowest BCUT2D eigenvalue weighted by atomic mass is 9.63. The second-order valence-corrected chi connectivity index (χ2v) is 13.6.